The first-order valence-corrected chi connectivity index (χ1v) is 7.86. The lowest BCUT2D eigenvalue weighted by molar-refractivity contribution is 0.243. The molecule has 0 aliphatic rings. The van der Waals surface area contributed by atoms with Crippen molar-refractivity contribution in [2.75, 3.05) is 13.2 Å². The van der Waals surface area contributed by atoms with Crippen LogP contribution in [0.3, 0.4) is 0 Å². The number of nitrogens with one attached hydrogen (secondary N) is 1. The van der Waals surface area contributed by atoms with Gasteiger partial charge >= 0.3 is 0 Å². The van der Waals surface area contributed by atoms with Gasteiger partial charge in [0.25, 0.3) is 0 Å². The number of benzene rings is 1. The molecule has 0 aliphatic heterocycles. The van der Waals surface area contributed by atoms with Crippen LogP contribution in [-0.4, -0.2) is 19.2 Å². The quantitative estimate of drug-likeness (QED) is 0.759. The molecule has 1 rings (SSSR count). The lowest BCUT2D eigenvalue weighted by Crippen LogP contribution is -2.25. The molecule has 2 heteroatoms. The van der Waals surface area contributed by atoms with E-state index in [1.54, 1.807) is 0 Å². The first-order valence-electron chi connectivity index (χ1n) is 7.86. The summed E-state index contributed by atoms with van der Waals surface area (Å²) >= 11 is 0. The Balaban J connectivity index is 2.33. The predicted octanol–water partition coefficient (Wildman–Crippen LogP) is 4.43. The van der Waals surface area contributed by atoms with Crippen LogP contribution in [0.5, 0.6) is 5.75 Å². The second-order valence-corrected chi connectivity index (χ2v) is 6.80. The third-order valence-electron chi connectivity index (χ3n) is 3.46. The van der Waals surface area contributed by atoms with Gasteiger partial charge in [0, 0.05) is 6.04 Å². The Morgan fingerprint density at radius 2 is 1.80 bits per heavy atom. The third-order valence-corrected chi connectivity index (χ3v) is 3.46. The Morgan fingerprint density at radius 3 is 2.35 bits per heavy atom. The van der Waals surface area contributed by atoms with Gasteiger partial charge in [-0.15, -0.1) is 0 Å². The maximum atomic E-state index is 5.79. The van der Waals surface area contributed by atoms with Crippen molar-refractivity contribution in [3.05, 3.63) is 29.8 Å². The van der Waals surface area contributed by atoms with Crippen LogP contribution in [0.4, 0.5) is 0 Å². The molecule has 114 valence electrons. The maximum absolute atomic E-state index is 5.79. The Kier molecular flexibility index (Phi) is 7.08. The summed E-state index contributed by atoms with van der Waals surface area (Å²) in [7, 11) is 0. The Hall–Kier alpha value is -1.02. The highest BCUT2D eigenvalue weighted by molar-refractivity contribution is 5.27. The van der Waals surface area contributed by atoms with Crippen LogP contribution in [0.25, 0.3) is 0 Å². The topological polar surface area (TPSA) is 21.3 Å². The summed E-state index contributed by atoms with van der Waals surface area (Å²) in [5.41, 5.74) is 1.72. The van der Waals surface area contributed by atoms with Crippen molar-refractivity contribution in [2.24, 2.45) is 5.41 Å². The van der Waals surface area contributed by atoms with E-state index < -0.39 is 0 Å². The molecule has 0 aromatic heterocycles. The monoisotopic (exact) mass is 277 g/mol. The molecule has 1 aromatic carbocycles. The summed E-state index contributed by atoms with van der Waals surface area (Å²) in [4.78, 5) is 0. The number of aryl methyl sites for hydroxylation is 1. The van der Waals surface area contributed by atoms with Gasteiger partial charge < -0.3 is 10.1 Å². The van der Waals surface area contributed by atoms with Crippen molar-refractivity contribution in [1.29, 1.82) is 0 Å². The van der Waals surface area contributed by atoms with Gasteiger partial charge in [0.05, 0.1) is 6.61 Å². The van der Waals surface area contributed by atoms with E-state index in [0.717, 1.165) is 31.7 Å². The molecule has 2 nitrogen and oxygen atoms in total. The SMILES string of the molecule is CCNC(C)CCc1ccc(OCCC(C)(C)C)cc1. The fourth-order valence-corrected chi connectivity index (χ4v) is 2.06. The van der Waals surface area contributed by atoms with E-state index in [2.05, 4.69) is 64.2 Å². The molecule has 20 heavy (non-hydrogen) atoms. The summed E-state index contributed by atoms with van der Waals surface area (Å²) in [6.07, 6.45) is 3.38. The molecule has 0 fully saturated rings. The van der Waals surface area contributed by atoms with E-state index in [-0.39, 0.29) is 0 Å². The average Bonchev–Trinajstić information content (AvgIpc) is 2.37. The summed E-state index contributed by atoms with van der Waals surface area (Å²) in [6, 6.07) is 9.14. The molecule has 1 aromatic rings. The van der Waals surface area contributed by atoms with Crippen molar-refractivity contribution >= 4 is 0 Å². The van der Waals surface area contributed by atoms with E-state index in [1.165, 1.54) is 12.0 Å². The van der Waals surface area contributed by atoms with Crippen LogP contribution < -0.4 is 10.1 Å². The number of rotatable bonds is 8. The second kappa shape index (κ2) is 8.31. The number of hydrogen-bond acceptors (Lipinski definition) is 2. The lowest BCUT2D eigenvalue weighted by atomic mass is 9.93. The van der Waals surface area contributed by atoms with Gasteiger partial charge in [-0.1, -0.05) is 39.8 Å². The van der Waals surface area contributed by atoms with Gasteiger partial charge in [-0.2, -0.15) is 0 Å². The highest BCUT2D eigenvalue weighted by atomic mass is 16.5. The van der Waals surface area contributed by atoms with Crippen molar-refractivity contribution in [2.45, 2.75) is 59.9 Å². The number of hydrogen-bond donors (Lipinski definition) is 1. The second-order valence-electron chi connectivity index (χ2n) is 6.80. The minimum atomic E-state index is 0.336. The van der Waals surface area contributed by atoms with Crippen molar-refractivity contribution in [3.8, 4) is 5.75 Å². The van der Waals surface area contributed by atoms with Crippen LogP contribution in [0.15, 0.2) is 24.3 Å². The van der Waals surface area contributed by atoms with Crippen LogP contribution in [0.2, 0.25) is 0 Å². The number of ether oxygens (including phenoxy) is 1. The molecule has 0 spiro atoms. The van der Waals surface area contributed by atoms with Gasteiger partial charge in [0.1, 0.15) is 5.75 Å². The minimum Gasteiger partial charge on any atom is -0.494 e. The predicted molar refractivity (Wildman–Crippen MR) is 87.5 cm³/mol. The molecule has 0 aliphatic carbocycles. The molecule has 1 atom stereocenters. The van der Waals surface area contributed by atoms with Crippen LogP contribution in [-0.2, 0) is 6.42 Å². The molecule has 0 amide bonds. The largest absolute Gasteiger partial charge is 0.494 e. The summed E-state index contributed by atoms with van der Waals surface area (Å²) < 4.78 is 5.79. The summed E-state index contributed by atoms with van der Waals surface area (Å²) in [5.74, 6) is 0.984. The highest BCUT2D eigenvalue weighted by Crippen LogP contribution is 2.20. The zero-order valence-electron chi connectivity index (χ0n) is 13.8. The van der Waals surface area contributed by atoms with Crippen LogP contribution in [0.1, 0.15) is 53.0 Å². The normalized spacial score (nSPS) is 13.2. The molecule has 0 saturated heterocycles. The van der Waals surface area contributed by atoms with Gasteiger partial charge in [-0.3, -0.25) is 0 Å². The molecule has 0 saturated carbocycles. The minimum absolute atomic E-state index is 0.336. The standard InChI is InChI=1S/C18H31NO/c1-6-19-15(2)7-8-16-9-11-17(12-10-16)20-14-13-18(3,4)5/h9-12,15,19H,6-8,13-14H2,1-5H3. The molecule has 0 radical (unpaired) electrons. The van der Waals surface area contributed by atoms with Crippen molar-refractivity contribution in [3.63, 3.8) is 0 Å². The maximum Gasteiger partial charge on any atom is 0.119 e. The first kappa shape index (κ1) is 17.0. The zero-order valence-corrected chi connectivity index (χ0v) is 13.8. The Bertz CT molecular complexity index is 364. The van der Waals surface area contributed by atoms with E-state index in [0.29, 0.717) is 11.5 Å². The van der Waals surface area contributed by atoms with Crippen LogP contribution in [0, 0.1) is 5.41 Å². The van der Waals surface area contributed by atoms with Crippen molar-refractivity contribution in [1.82, 2.24) is 5.32 Å². The van der Waals surface area contributed by atoms with E-state index in [1.807, 2.05) is 0 Å². The highest BCUT2D eigenvalue weighted by Gasteiger charge is 2.09. The van der Waals surface area contributed by atoms with E-state index in [9.17, 15) is 0 Å². The molecule has 0 bridgehead atoms. The first-order chi connectivity index (χ1) is 9.40. The third kappa shape index (κ3) is 7.54. The van der Waals surface area contributed by atoms with Gasteiger partial charge in [-0.05, 0) is 55.8 Å². The summed E-state index contributed by atoms with van der Waals surface area (Å²) in [5, 5.41) is 3.44. The van der Waals surface area contributed by atoms with Gasteiger partial charge in [-0.25, -0.2) is 0 Å². The molecule has 1 N–H and O–H groups in total. The Labute approximate surface area is 124 Å². The fraction of sp³-hybridized carbons (Fsp3) is 0.667. The van der Waals surface area contributed by atoms with Gasteiger partial charge in [0.15, 0.2) is 0 Å². The van der Waals surface area contributed by atoms with Crippen molar-refractivity contribution < 1.29 is 4.74 Å². The molecular formula is C18H31NO. The van der Waals surface area contributed by atoms with Crippen LogP contribution >= 0.6 is 0 Å². The fourth-order valence-electron chi connectivity index (χ4n) is 2.06. The van der Waals surface area contributed by atoms with Gasteiger partial charge in [0.2, 0.25) is 0 Å². The molecule has 1 unspecified atom stereocenters. The summed E-state index contributed by atoms with van der Waals surface area (Å²) in [6.45, 7) is 13.0. The molecule has 0 heterocycles. The average molecular weight is 277 g/mol. The smallest absolute Gasteiger partial charge is 0.119 e. The van der Waals surface area contributed by atoms with E-state index >= 15 is 0 Å². The Morgan fingerprint density at radius 1 is 1.15 bits per heavy atom. The molecular weight excluding hydrogens is 246 g/mol. The zero-order chi connectivity index (χ0) is 15.0. The van der Waals surface area contributed by atoms with E-state index in [4.69, 9.17) is 4.74 Å². The lowest BCUT2D eigenvalue weighted by Gasteiger charge is -2.18.